The second-order valence-corrected chi connectivity index (χ2v) is 11.0. The highest BCUT2D eigenvalue weighted by atomic mass is 32.2. The predicted octanol–water partition coefficient (Wildman–Crippen LogP) is 6.41. The zero-order chi connectivity index (χ0) is 25.8. The van der Waals surface area contributed by atoms with Crippen LogP contribution in [0.3, 0.4) is 0 Å². The molecule has 2 fully saturated rings. The van der Waals surface area contributed by atoms with Crippen molar-refractivity contribution in [2.24, 2.45) is 0 Å². The third-order valence-corrected chi connectivity index (χ3v) is 7.92. The number of aromatic nitrogens is 2. The highest BCUT2D eigenvalue weighted by molar-refractivity contribution is 8.26. The third kappa shape index (κ3) is 5.81. The maximum Gasteiger partial charge on any atom is 0.266 e. The van der Waals surface area contributed by atoms with Crippen LogP contribution in [0.25, 0.3) is 23.0 Å². The van der Waals surface area contributed by atoms with Gasteiger partial charge in [-0.25, -0.2) is 4.68 Å². The molecule has 1 atom stereocenters. The summed E-state index contributed by atoms with van der Waals surface area (Å²) >= 11 is 6.91. The summed E-state index contributed by atoms with van der Waals surface area (Å²) in [5.41, 5.74) is 4.63. The molecule has 0 spiro atoms. The number of nitrogens with zero attached hydrogens (tertiary/aromatic N) is 3. The first-order valence-electron chi connectivity index (χ1n) is 12.8. The van der Waals surface area contributed by atoms with Crippen molar-refractivity contribution in [2.45, 2.75) is 45.6 Å². The number of para-hydroxylation sites is 1. The molecule has 2 aliphatic rings. The molecule has 192 valence electrons. The van der Waals surface area contributed by atoms with Gasteiger partial charge in [-0.1, -0.05) is 55.5 Å². The lowest BCUT2D eigenvalue weighted by Crippen LogP contribution is -2.35. The van der Waals surface area contributed by atoms with Crippen LogP contribution in [0.2, 0.25) is 0 Å². The van der Waals surface area contributed by atoms with E-state index in [0.717, 1.165) is 66.1 Å². The average molecular weight is 534 g/mol. The summed E-state index contributed by atoms with van der Waals surface area (Å²) in [6.45, 7) is 6.17. The van der Waals surface area contributed by atoms with Crippen LogP contribution in [0.5, 0.6) is 5.75 Å². The Morgan fingerprint density at radius 1 is 1.24 bits per heavy atom. The Morgan fingerprint density at radius 2 is 2.08 bits per heavy atom. The SMILES string of the molecule is CCCCOc1ccc(-c2nn(-c3ccccc3)cc2/C=C2\SC(=S)N(C[C@H]3CCCO3)C2=O)cc1C. The minimum absolute atomic E-state index is 0.0549. The molecule has 3 aromatic rings. The molecule has 3 heterocycles. The van der Waals surface area contributed by atoms with E-state index in [-0.39, 0.29) is 12.0 Å². The molecule has 0 N–H and O–H groups in total. The van der Waals surface area contributed by atoms with Crippen LogP contribution >= 0.6 is 24.0 Å². The molecular weight excluding hydrogens is 502 g/mol. The minimum atomic E-state index is -0.0697. The largest absolute Gasteiger partial charge is 0.493 e. The first-order chi connectivity index (χ1) is 18.0. The van der Waals surface area contributed by atoms with Crippen molar-refractivity contribution in [3.63, 3.8) is 0 Å². The number of aryl methyl sites for hydroxylation is 1. The van der Waals surface area contributed by atoms with Gasteiger partial charge < -0.3 is 9.47 Å². The monoisotopic (exact) mass is 533 g/mol. The highest BCUT2D eigenvalue weighted by Crippen LogP contribution is 2.36. The molecule has 2 aromatic carbocycles. The van der Waals surface area contributed by atoms with E-state index in [1.54, 1.807) is 4.90 Å². The highest BCUT2D eigenvalue weighted by Gasteiger charge is 2.35. The maximum absolute atomic E-state index is 13.3. The van der Waals surface area contributed by atoms with Crippen LogP contribution in [0.1, 0.15) is 43.7 Å². The van der Waals surface area contributed by atoms with E-state index in [2.05, 4.69) is 19.9 Å². The number of ether oxygens (including phenoxy) is 2. The summed E-state index contributed by atoms with van der Waals surface area (Å²) in [5, 5.41) is 4.93. The smallest absolute Gasteiger partial charge is 0.266 e. The van der Waals surface area contributed by atoms with Gasteiger partial charge >= 0.3 is 0 Å². The fraction of sp³-hybridized carbons (Fsp3) is 0.345. The molecule has 0 unspecified atom stereocenters. The first-order valence-corrected chi connectivity index (χ1v) is 14.0. The molecule has 2 aliphatic heterocycles. The average Bonchev–Trinajstić information content (AvgIpc) is 3.63. The van der Waals surface area contributed by atoms with Gasteiger partial charge in [0.15, 0.2) is 0 Å². The molecule has 2 saturated heterocycles. The van der Waals surface area contributed by atoms with Gasteiger partial charge in [0, 0.05) is 23.9 Å². The van der Waals surface area contributed by atoms with Crippen molar-refractivity contribution in [2.75, 3.05) is 19.8 Å². The molecule has 1 amide bonds. The topological polar surface area (TPSA) is 56.6 Å². The van der Waals surface area contributed by atoms with Crippen molar-refractivity contribution >= 4 is 40.3 Å². The second kappa shape index (κ2) is 11.6. The number of thioether (sulfide) groups is 1. The first kappa shape index (κ1) is 25.7. The number of carbonyl (C=O) groups excluding carboxylic acids is 1. The number of amides is 1. The molecule has 0 saturated carbocycles. The Morgan fingerprint density at radius 3 is 2.81 bits per heavy atom. The Hall–Kier alpha value is -2.94. The van der Waals surface area contributed by atoms with Gasteiger partial charge in [-0.2, -0.15) is 5.10 Å². The Labute approximate surface area is 227 Å². The normalized spacial score (nSPS) is 18.8. The maximum atomic E-state index is 13.3. The van der Waals surface area contributed by atoms with E-state index in [9.17, 15) is 4.79 Å². The van der Waals surface area contributed by atoms with Crippen LogP contribution in [-0.2, 0) is 9.53 Å². The van der Waals surface area contributed by atoms with E-state index in [0.29, 0.717) is 22.4 Å². The van der Waals surface area contributed by atoms with E-state index < -0.39 is 0 Å². The van der Waals surface area contributed by atoms with E-state index >= 15 is 0 Å². The quantitative estimate of drug-likeness (QED) is 0.180. The minimum Gasteiger partial charge on any atom is -0.493 e. The second-order valence-electron chi connectivity index (χ2n) is 9.32. The fourth-order valence-electron chi connectivity index (χ4n) is 4.51. The number of thiocarbonyl (C=S) groups is 1. The summed E-state index contributed by atoms with van der Waals surface area (Å²) in [6, 6.07) is 16.1. The van der Waals surface area contributed by atoms with Crippen LogP contribution in [0, 0.1) is 6.92 Å². The summed E-state index contributed by atoms with van der Waals surface area (Å²) in [6.07, 6.45) is 8.05. The lowest BCUT2D eigenvalue weighted by atomic mass is 10.0. The molecule has 0 radical (unpaired) electrons. The number of carbonyl (C=O) groups is 1. The zero-order valence-electron chi connectivity index (χ0n) is 21.2. The van der Waals surface area contributed by atoms with Crippen molar-refractivity contribution in [1.82, 2.24) is 14.7 Å². The summed E-state index contributed by atoms with van der Waals surface area (Å²) in [7, 11) is 0. The fourth-order valence-corrected chi connectivity index (χ4v) is 5.77. The van der Waals surface area contributed by atoms with Gasteiger partial charge in [-0.15, -0.1) is 0 Å². The third-order valence-electron chi connectivity index (χ3n) is 6.54. The molecular formula is C29H31N3O3S2. The molecule has 5 rings (SSSR count). The van der Waals surface area contributed by atoms with Gasteiger partial charge in [0.05, 0.1) is 29.8 Å². The van der Waals surface area contributed by atoms with Crippen molar-refractivity contribution in [1.29, 1.82) is 0 Å². The van der Waals surface area contributed by atoms with E-state index in [4.69, 9.17) is 26.8 Å². The summed E-state index contributed by atoms with van der Waals surface area (Å²) in [5.74, 6) is 0.816. The Kier molecular flexibility index (Phi) is 8.08. The van der Waals surface area contributed by atoms with Gasteiger partial charge in [0.1, 0.15) is 15.8 Å². The van der Waals surface area contributed by atoms with Crippen LogP contribution in [-0.4, -0.2) is 50.8 Å². The molecule has 0 aliphatic carbocycles. The van der Waals surface area contributed by atoms with E-state index in [1.165, 1.54) is 11.8 Å². The Bertz CT molecular complexity index is 1310. The summed E-state index contributed by atoms with van der Waals surface area (Å²) < 4.78 is 14.1. The Balaban J connectivity index is 1.48. The van der Waals surface area contributed by atoms with Crippen molar-refractivity contribution in [3.05, 3.63) is 70.8 Å². The van der Waals surface area contributed by atoms with Gasteiger partial charge in [0.2, 0.25) is 0 Å². The molecule has 6 nitrogen and oxygen atoms in total. The zero-order valence-corrected chi connectivity index (χ0v) is 22.8. The lowest BCUT2D eigenvalue weighted by Gasteiger charge is -2.18. The lowest BCUT2D eigenvalue weighted by molar-refractivity contribution is -0.123. The number of rotatable bonds is 9. The number of hydrogen-bond acceptors (Lipinski definition) is 6. The molecule has 1 aromatic heterocycles. The summed E-state index contributed by atoms with van der Waals surface area (Å²) in [4.78, 5) is 15.6. The molecule has 8 heteroatoms. The number of unbranched alkanes of at least 4 members (excludes halogenated alkanes) is 1. The predicted molar refractivity (Wildman–Crippen MR) is 153 cm³/mol. The van der Waals surface area contributed by atoms with Crippen molar-refractivity contribution < 1.29 is 14.3 Å². The molecule has 37 heavy (non-hydrogen) atoms. The van der Waals surface area contributed by atoms with E-state index in [1.807, 2.05) is 59.4 Å². The van der Waals surface area contributed by atoms with Gasteiger partial charge in [-0.3, -0.25) is 9.69 Å². The van der Waals surface area contributed by atoms with Crippen LogP contribution in [0.15, 0.2) is 59.6 Å². The standard InChI is InChI=1S/C29H31N3O3S2/c1-3-4-14-35-25-13-12-21(16-20(25)2)27-22(18-32(30-27)23-9-6-5-7-10-23)17-26-28(33)31(29(36)37-26)19-24-11-8-15-34-24/h5-7,9-10,12-13,16-18,24H,3-4,8,11,14-15,19H2,1-2H3/b26-17-/t24-/m1/s1. The van der Waals surface area contributed by atoms with Gasteiger partial charge in [0.25, 0.3) is 5.91 Å². The molecule has 0 bridgehead atoms. The number of hydrogen-bond donors (Lipinski definition) is 0. The van der Waals surface area contributed by atoms with Crippen molar-refractivity contribution in [3.8, 4) is 22.7 Å². The van der Waals surface area contributed by atoms with Crippen LogP contribution in [0.4, 0.5) is 0 Å². The van der Waals surface area contributed by atoms with Crippen LogP contribution < -0.4 is 4.74 Å². The van der Waals surface area contributed by atoms with Gasteiger partial charge in [-0.05, 0) is 68.2 Å². The number of benzene rings is 2.